The van der Waals surface area contributed by atoms with Crippen molar-refractivity contribution in [2.75, 3.05) is 23.7 Å². The third kappa shape index (κ3) is 4.23. The Bertz CT molecular complexity index is 834. The van der Waals surface area contributed by atoms with E-state index >= 15 is 0 Å². The van der Waals surface area contributed by atoms with Crippen molar-refractivity contribution in [1.82, 2.24) is 9.47 Å². The van der Waals surface area contributed by atoms with Crippen molar-refractivity contribution in [1.29, 1.82) is 0 Å². The molecule has 0 saturated heterocycles. The average molecular weight is 415 g/mol. The molecule has 1 amide bonds. The Morgan fingerprint density at radius 3 is 2.46 bits per heavy atom. The van der Waals surface area contributed by atoms with Crippen LogP contribution in [0.3, 0.4) is 0 Å². The van der Waals surface area contributed by atoms with Crippen LogP contribution in [0.5, 0.6) is 5.75 Å². The number of halogens is 2. The predicted molar refractivity (Wildman–Crippen MR) is 111 cm³/mol. The third-order valence-electron chi connectivity index (χ3n) is 3.86. The molecule has 0 unspecified atom stereocenters. The number of nitrogens with one attached hydrogen (secondary N) is 2. The zero-order valence-corrected chi connectivity index (χ0v) is 17.0. The molecule has 2 aromatic rings. The topological polar surface area (TPSA) is 69.5 Å². The second-order valence-corrected chi connectivity index (χ2v) is 6.70. The molecule has 0 aliphatic carbocycles. The molecule has 140 valence electrons. The molecule has 0 fully saturated rings. The van der Waals surface area contributed by atoms with E-state index in [9.17, 15) is 9.90 Å². The highest BCUT2D eigenvalue weighted by Crippen LogP contribution is 2.32. The number of carbonyl (C=O) groups excluding carboxylic acids is 1. The summed E-state index contributed by atoms with van der Waals surface area (Å²) in [6.07, 6.45) is 1.60. The zero-order chi connectivity index (χ0) is 19.4. The lowest BCUT2D eigenvalue weighted by Gasteiger charge is -2.19. The molecule has 1 aromatic carbocycles. The van der Waals surface area contributed by atoms with E-state index in [0.717, 1.165) is 0 Å². The monoisotopic (exact) mass is 414 g/mol. The molecule has 26 heavy (non-hydrogen) atoms. The van der Waals surface area contributed by atoms with Gasteiger partial charge >= 0.3 is 0 Å². The van der Waals surface area contributed by atoms with Gasteiger partial charge in [0.2, 0.25) is 0 Å². The fourth-order valence-electron chi connectivity index (χ4n) is 2.49. The van der Waals surface area contributed by atoms with E-state index in [-0.39, 0.29) is 22.5 Å². The number of rotatable bonds is 5. The lowest BCUT2D eigenvalue weighted by atomic mass is 10.3. The Labute approximate surface area is 167 Å². The van der Waals surface area contributed by atoms with Crippen LogP contribution in [0.15, 0.2) is 24.4 Å². The Kier molecular flexibility index (Phi) is 6.75. The average Bonchev–Trinajstić information content (AvgIpc) is 2.86. The molecule has 0 aliphatic heterocycles. The van der Waals surface area contributed by atoms with Crippen molar-refractivity contribution >= 4 is 57.8 Å². The van der Waals surface area contributed by atoms with Crippen molar-refractivity contribution in [2.24, 2.45) is 7.05 Å². The molecule has 3 N–H and O–H groups in total. The van der Waals surface area contributed by atoms with Crippen LogP contribution >= 0.6 is 35.4 Å². The first-order valence-electron chi connectivity index (χ1n) is 7.99. The molecule has 2 rings (SSSR count). The molecule has 0 atom stereocenters. The number of aromatic hydroxyl groups is 1. The summed E-state index contributed by atoms with van der Waals surface area (Å²) in [5.74, 6) is -0.412. The Hall–Kier alpha value is -1.96. The SMILES string of the molecule is CCN(CC)C(=O)c1c(O)c(NC(=S)Nc2cccc(Cl)c2Cl)cn1C. The lowest BCUT2D eigenvalue weighted by molar-refractivity contribution is 0.0760. The van der Waals surface area contributed by atoms with Crippen LogP contribution in [0.1, 0.15) is 24.3 Å². The third-order valence-corrected chi connectivity index (χ3v) is 4.88. The molecular weight excluding hydrogens is 395 g/mol. The summed E-state index contributed by atoms with van der Waals surface area (Å²) in [5.41, 5.74) is 1.05. The van der Waals surface area contributed by atoms with Gasteiger partial charge in [-0.25, -0.2) is 0 Å². The number of carbonyl (C=O) groups is 1. The van der Waals surface area contributed by atoms with Crippen LogP contribution in [0.4, 0.5) is 11.4 Å². The number of thiocarbonyl (C=S) groups is 1. The molecule has 1 aromatic heterocycles. The van der Waals surface area contributed by atoms with Crippen LogP contribution in [0.2, 0.25) is 10.0 Å². The number of benzene rings is 1. The Balaban J connectivity index is 2.20. The fraction of sp³-hybridized carbons (Fsp3) is 0.294. The highest BCUT2D eigenvalue weighted by Gasteiger charge is 2.24. The quantitative estimate of drug-likeness (QED) is 0.635. The van der Waals surface area contributed by atoms with E-state index < -0.39 is 0 Å². The molecule has 6 nitrogen and oxygen atoms in total. The highest BCUT2D eigenvalue weighted by molar-refractivity contribution is 7.80. The molecule has 1 heterocycles. The highest BCUT2D eigenvalue weighted by atomic mass is 35.5. The molecular formula is C17H20Cl2N4O2S. The van der Waals surface area contributed by atoms with Gasteiger partial charge in [-0.3, -0.25) is 4.79 Å². The van der Waals surface area contributed by atoms with Crippen molar-refractivity contribution in [3.05, 3.63) is 40.1 Å². The lowest BCUT2D eigenvalue weighted by Crippen LogP contribution is -2.31. The Morgan fingerprint density at radius 2 is 1.85 bits per heavy atom. The molecule has 0 aliphatic rings. The van der Waals surface area contributed by atoms with Gasteiger partial charge in [-0.05, 0) is 38.2 Å². The summed E-state index contributed by atoms with van der Waals surface area (Å²) in [7, 11) is 1.69. The first-order valence-corrected chi connectivity index (χ1v) is 9.16. The van der Waals surface area contributed by atoms with E-state index in [1.54, 1.807) is 40.9 Å². The number of amides is 1. The van der Waals surface area contributed by atoms with E-state index in [1.165, 1.54) is 0 Å². The van der Waals surface area contributed by atoms with Gasteiger partial charge in [-0.2, -0.15) is 0 Å². The fourth-order valence-corrected chi connectivity index (χ4v) is 3.06. The van der Waals surface area contributed by atoms with Crippen molar-refractivity contribution in [3.63, 3.8) is 0 Å². The van der Waals surface area contributed by atoms with Crippen LogP contribution in [0, 0.1) is 0 Å². The first kappa shape index (κ1) is 20.4. The number of anilines is 2. The summed E-state index contributed by atoms with van der Waals surface area (Å²) in [4.78, 5) is 14.2. The largest absolute Gasteiger partial charge is 0.504 e. The van der Waals surface area contributed by atoms with Crippen LogP contribution in [-0.2, 0) is 7.05 Å². The van der Waals surface area contributed by atoms with Gasteiger partial charge < -0.3 is 25.2 Å². The van der Waals surface area contributed by atoms with Crippen molar-refractivity contribution < 1.29 is 9.90 Å². The van der Waals surface area contributed by atoms with Gasteiger partial charge in [0.15, 0.2) is 16.6 Å². The number of aryl methyl sites for hydroxylation is 1. The van der Waals surface area contributed by atoms with Gasteiger partial charge in [-0.15, -0.1) is 0 Å². The zero-order valence-electron chi connectivity index (χ0n) is 14.6. The second kappa shape index (κ2) is 8.62. The summed E-state index contributed by atoms with van der Waals surface area (Å²) in [5, 5.41) is 17.2. The minimum atomic E-state index is -0.250. The van der Waals surface area contributed by atoms with Gasteiger partial charge in [0, 0.05) is 26.3 Å². The van der Waals surface area contributed by atoms with E-state index in [1.807, 2.05) is 13.8 Å². The summed E-state index contributed by atoms with van der Waals surface area (Å²) in [6.45, 7) is 4.87. The van der Waals surface area contributed by atoms with Crippen LogP contribution < -0.4 is 10.6 Å². The first-order chi connectivity index (χ1) is 12.3. The van der Waals surface area contributed by atoms with E-state index in [4.69, 9.17) is 35.4 Å². The van der Waals surface area contributed by atoms with Gasteiger partial charge in [0.25, 0.3) is 5.91 Å². The smallest absolute Gasteiger partial charge is 0.274 e. The number of hydrogen-bond acceptors (Lipinski definition) is 3. The predicted octanol–water partition coefficient (Wildman–Crippen LogP) is 4.33. The number of hydrogen-bond donors (Lipinski definition) is 3. The summed E-state index contributed by atoms with van der Waals surface area (Å²) >= 11 is 17.4. The molecule has 0 spiro atoms. The molecule has 0 saturated carbocycles. The summed E-state index contributed by atoms with van der Waals surface area (Å²) in [6, 6.07) is 5.13. The molecule has 0 radical (unpaired) electrons. The Morgan fingerprint density at radius 1 is 1.23 bits per heavy atom. The second-order valence-electron chi connectivity index (χ2n) is 5.51. The van der Waals surface area contributed by atoms with Crippen molar-refractivity contribution in [3.8, 4) is 5.75 Å². The van der Waals surface area contributed by atoms with Crippen molar-refractivity contribution in [2.45, 2.75) is 13.8 Å². The summed E-state index contributed by atoms with van der Waals surface area (Å²) < 4.78 is 1.56. The van der Waals surface area contributed by atoms with Crippen LogP contribution in [-0.4, -0.2) is 38.7 Å². The normalized spacial score (nSPS) is 10.5. The molecule has 0 bridgehead atoms. The minimum Gasteiger partial charge on any atom is -0.504 e. The maximum Gasteiger partial charge on any atom is 0.274 e. The maximum absolute atomic E-state index is 12.6. The number of nitrogens with zero attached hydrogens (tertiary/aromatic N) is 2. The standard InChI is InChI=1S/C17H20Cl2N4O2S/c1-4-23(5-2)16(25)14-15(24)12(9-22(14)3)21-17(26)20-11-8-6-7-10(18)13(11)19/h6-9,24H,4-5H2,1-3H3,(H2,20,21,26). The minimum absolute atomic E-state index is 0.161. The maximum atomic E-state index is 12.6. The van der Waals surface area contributed by atoms with E-state index in [2.05, 4.69) is 10.6 Å². The van der Waals surface area contributed by atoms with E-state index in [0.29, 0.717) is 34.5 Å². The van der Waals surface area contributed by atoms with Gasteiger partial charge in [0.1, 0.15) is 5.69 Å². The number of aromatic nitrogens is 1. The van der Waals surface area contributed by atoms with Gasteiger partial charge in [-0.1, -0.05) is 29.3 Å². The van der Waals surface area contributed by atoms with Crippen LogP contribution in [0.25, 0.3) is 0 Å². The molecule has 9 heteroatoms. The van der Waals surface area contributed by atoms with Gasteiger partial charge in [0.05, 0.1) is 15.7 Å².